The maximum atomic E-state index is 14.4. The molecule has 212 valence electrons. The number of anilines is 1. The van der Waals surface area contributed by atoms with E-state index in [1.807, 2.05) is 30.3 Å². The van der Waals surface area contributed by atoms with E-state index in [1.165, 1.54) is 18.2 Å². The number of amides is 2. The van der Waals surface area contributed by atoms with Gasteiger partial charge in [-0.05, 0) is 55.5 Å². The minimum atomic E-state index is -6.27. The van der Waals surface area contributed by atoms with Gasteiger partial charge < -0.3 is 10.6 Å². The van der Waals surface area contributed by atoms with Crippen LogP contribution in [-0.2, 0) is 12.1 Å². The molecule has 2 amide bonds. The third-order valence-corrected chi connectivity index (χ3v) is 7.07. The van der Waals surface area contributed by atoms with Gasteiger partial charge in [-0.3, -0.25) is 9.59 Å². The Morgan fingerprint density at radius 2 is 1.48 bits per heavy atom. The molecule has 0 aromatic heterocycles. The van der Waals surface area contributed by atoms with Crippen molar-refractivity contribution in [2.45, 2.75) is 49.7 Å². The van der Waals surface area contributed by atoms with Crippen molar-refractivity contribution in [3.05, 3.63) is 99.6 Å². The molecule has 2 N–H and O–H groups in total. The molecule has 3 aromatic carbocycles. The van der Waals surface area contributed by atoms with Crippen LogP contribution in [0.5, 0.6) is 0 Å². The van der Waals surface area contributed by atoms with Crippen molar-refractivity contribution in [3.8, 4) is 0 Å². The highest BCUT2D eigenvalue weighted by molar-refractivity contribution is 6.35. The summed E-state index contributed by atoms with van der Waals surface area (Å²) in [5.41, 5.74) is -7.58. The van der Waals surface area contributed by atoms with Crippen LogP contribution in [-0.4, -0.2) is 29.7 Å². The standard InChI is InChI=1S/C28H22ClF7N2O2/c1-16-14-18(26(30,27(31,32)33)28(34,35)36)10-11-21(16)37-23(39)19-8-5-9-20(29)22(19)24(40)38-25(12-13-25)15-17-6-3-2-4-7-17/h2-11,14H,12-13,15H2,1H3,(H,37,39)(H,38,40). The van der Waals surface area contributed by atoms with Crippen LogP contribution in [0.4, 0.5) is 36.4 Å². The Morgan fingerprint density at radius 3 is 2.02 bits per heavy atom. The van der Waals surface area contributed by atoms with Gasteiger partial charge in [0, 0.05) is 16.8 Å². The van der Waals surface area contributed by atoms with Crippen molar-refractivity contribution in [1.82, 2.24) is 5.32 Å². The number of carbonyl (C=O) groups is 2. The maximum absolute atomic E-state index is 14.4. The SMILES string of the molecule is Cc1cc(C(F)(C(F)(F)F)C(F)(F)F)ccc1NC(=O)c1cccc(Cl)c1C(=O)NC1(Cc2ccccc2)CC1. The molecule has 3 aromatic rings. The number of alkyl halides is 7. The van der Waals surface area contributed by atoms with Crippen molar-refractivity contribution in [2.24, 2.45) is 0 Å². The molecule has 0 aliphatic heterocycles. The van der Waals surface area contributed by atoms with Gasteiger partial charge in [0.25, 0.3) is 11.8 Å². The van der Waals surface area contributed by atoms with Gasteiger partial charge in [-0.25, -0.2) is 4.39 Å². The van der Waals surface area contributed by atoms with Crippen LogP contribution in [0.3, 0.4) is 0 Å². The minimum absolute atomic E-state index is 0.0368. The number of rotatable bonds is 7. The minimum Gasteiger partial charge on any atom is -0.346 e. The fraction of sp³-hybridized carbons (Fsp3) is 0.286. The van der Waals surface area contributed by atoms with Crippen LogP contribution < -0.4 is 10.6 Å². The molecular weight excluding hydrogens is 565 g/mol. The van der Waals surface area contributed by atoms with Crippen molar-refractivity contribution < 1.29 is 40.3 Å². The molecule has 0 heterocycles. The average Bonchev–Trinajstić information content (AvgIpc) is 3.62. The van der Waals surface area contributed by atoms with E-state index >= 15 is 0 Å². The molecule has 1 fully saturated rings. The van der Waals surface area contributed by atoms with Crippen LogP contribution in [0.1, 0.15) is 50.2 Å². The number of hydrogen-bond acceptors (Lipinski definition) is 2. The van der Waals surface area contributed by atoms with Crippen LogP contribution >= 0.6 is 11.6 Å². The van der Waals surface area contributed by atoms with Crippen molar-refractivity contribution in [3.63, 3.8) is 0 Å². The zero-order valence-corrected chi connectivity index (χ0v) is 21.6. The van der Waals surface area contributed by atoms with Crippen LogP contribution in [0, 0.1) is 6.92 Å². The molecule has 0 saturated heterocycles. The molecule has 4 nitrogen and oxygen atoms in total. The summed E-state index contributed by atoms with van der Waals surface area (Å²) in [6.07, 6.45) is -10.6. The first-order valence-corrected chi connectivity index (χ1v) is 12.4. The molecule has 0 bridgehead atoms. The van der Waals surface area contributed by atoms with Gasteiger partial charge >= 0.3 is 18.0 Å². The topological polar surface area (TPSA) is 58.2 Å². The number of carbonyl (C=O) groups excluding carboxylic acids is 2. The van der Waals surface area contributed by atoms with E-state index in [0.29, 0.717) is 31.4 Å². The smallest absolute Gasteiger partial charge is 0.346 e. The number of aryl methyl sites for hydroxylation is 1. The van der Waals surface area contributed by atoms with Gasteiger partial charge in [-0.2, -0.15) is 26.3 Å². The normalized spacial score (nSPS) is 14.9. The molecule has 4 rings (SSSR count). The summed E-state index contributed by atoms with van der Waals surface area (Å²) in [5, 5.41) is 5.26. The molecule has 12 heteroatoms. The van der Waals surface area contributed by atoms with Gasteiger partial charge in [-0.1, -0.05) is 60.1 Å². The lowest BCUT2D eigenvalue weighted by atomic mass is 9.92. The van der Waals surface area contributed by atoms with E-state index in [9.17, 15) is 40.3 Å². The Labute approximate surface area is 229 Å². The molecular formula is C28H22ClF7N2O2. The van der Waals surface area contributed by atoms with Crippen LogP contribution in [0.2, 0.25) is 5.02 Å². The fourth-order valence-corrected chi connectivity index (χ4v) is 4.69. The van der Waals surface area contributed by atoms with E-state index < -0.39 is 40.9 Å². The predicted octanol–water partition coefficient (Wildman–Crippen LogP) is 7.70. The lowest BCUT2D eigenvalue weighted by molar-refractivity contribution is -0.348. The van der Waals surface area contributed by atoms with E-state index in [0.717, 1.165) is 18.6 Å². The second kappa shape index (κ2) is 10.4. The van der Waals surface area contributed by atoms with Crippen LogP contribution in [0.15, 0.2) is 66.7 Å². The zero-order valence-electron chi connectivity index (χ0n) is 20.8. The first kappa shape index (κ1) is 29.4. The van der Waals surface area contributed by atoms with Crippen molar-refractivity contribution in [2.75, 3.05) is 5.32 Å². The second-order valence-corrected chi connectivity index (χ2v) is 10.1. The van der Waals surface area contributed by atoms with E-state index in [-0.39, 0.29) is 27.4 Å². The molecule has 1 aliphatic carbocycles. The summed E-state index contributed by atoms with van der Waals surface area (Å²) in [6, 6.07) is 15.0. The average molecular weight is 587 g/mol. The Balaban J connectivity index is 1.58. The van der Waals surface area contributed by atoms with Gasteiger partial charge in [-0.15, -0.1) is 0 Å². The Hall–Kier alpha value is -3.60. The summed E-state index contributed by atoms with van der Waals surface area (Å²) in [5.74, 6) is -1.51. The van der Waals surface area contributed by atoms with Crippen LogP contribution in [0.25, 0.3) is 0 Å². The van der Waals surface area contributed by atoms with Gasteiger partial charge in [0.1, 0.15) is 0 Å². The highest BCUT2D eigenvalue weighted by Gasteiger charge is 2.73. The predicted molar refractivity (Wildman–Crippen MR) is 135 cm³/mol. The van der Waals surface area contributed by atoms with Gasteiger partial charge in [0.2, 0.25) is 0 Å². The molecule has 0 radical (unpaired) electrons. The van der Waals surface area contributed by atoms with Gasteiger partial charge in [0.15, 0.2) is 0 Å². The Kier molecular flexibility index (Phi) is 7.66. The van der Waals surface area contributed by atoms with Crippen molar-refractivity contribution >= 4 is 29.1 Å². The van der Waals surface area contributed by atoms with E-state index in [1.54, 1.807) is 0 Å². The third kappa shape index (κ3) is 5.65. The Morgan fingerprint density at radius 1 is 0.850 bits per heavy atom. The molecule has 1 saturated carbocycles. The molecule has 40 heavy (non-hydrogen) atoms. The number of benzene rings is 3. The van der Waals surface area contributed by atoms with Gasteiger partial charge in [0.05, 0.1) is 16.1 Å². The monoisotopic (exact) mass is 586 g/mol. The Bertz CT molecular complexity index is 1420. The summed E-state index contributed by atoms with van der Waals surface area (Å²) < 4.78 is 93.3. The van der Waals surface area contributed by atoms with E-state index in [2.05, 4.69) is 10.6 Å². The largest absolute Gasteiger partial charge is 0.435 e. The van der Waals surface area contributed by atoms with Crippen molar-refractivity contribution in [1.29, 1.82) is 0 Å². The highest BCUT2D eigenvalue weighted by Crippen LogP contribution is 2.53. The highest BCUT2D eigenvalue weighted by atomic mass is 35.5. The molecule has 0 atom stereocenters. The number of hydrogen-bond donors (Lipinski definition) is 2. The first-order chi connectivity index (χ1) is 18.6. The summed E-state index contributed by atoms with van der Waals surface area (Å²) >= 11 is 6.27. The summed E-state index contributed by atoms with van der Waals surface area (Å²) in [7, 11) is 0. The molecule has 0 spiro atoms. The summed E-state index contributed by atoms with van der Waals surface area (Å²) in [6.45, 7) is 1.11. The lowest BCUT2D eigenvalue weighted by Gasteiger charge is -2.30. The quantitative estimate of drug-likeness (QED) is 0.279. The fourth-order valence-electron chi connectivity index (χ4n) is 4.43. The number of nitrogens with one attached hydrogen (secondary N) is 2. The third-order valence-electron chi connectivity index (χ3n) is 6.76. The molecule has 1 aliphatic rings. The molecule has 0 unspecified atom stereocenters. The maximum Gasteiger partial charge on any atom is 0.435 e. The van der Waals surface area contributed by atoms with E-state index in [4.69, 9.17) is 11.6 Å². The lowest BCUT2D eigenvalue weighted by Crippen LogP contribution is -2.50. The second-order valence-electron chi connectivity index (χ2n) is 9.70. The summed E-state index contributed by atoms with van der Waals surface area (Å²) in [4.78, 5) is 26.4. The number of halogens is 8. The zero-order chi connectivity index (χ0) is 29.5. The first-order valence-electron chi connectivity index (χ1n) is 12.0.